The number of hydrogen-bond acceptors (Lipinski definition) is 4. The summed E-state index contributed by atoms with van der Waals surface area (Å²) in [6.07, 6.45) is 1.65. The van der Waals surface area contributed by atoms with Crippen LogP contribution in [0.2, 0.25) is 0 Å². The fourth-order valence-corrected chi connectivity index (χ4v) is 2.15. The molecule has 0 saturated carbocycles. The second-order valence-electron chi connectivity index (χ2n) is 4.78. The van der Waals surface area contributed by atoms with Crippen LogP contribution in [-0.2, 0) is 11.2 Å². The first kappa shape index (κ1) is 16.0. The molecule has 0 heterocycles. The zero-order chi connectivity index (χ0) is 14.1. The quantitative estimate of drug-likeness (QED) is 0.714. The summed E-state index contributed by atoms with van der Waals surface area (Å²) >= 11 is 0. The summed E-state index contributed by atoms with van der Waals surface area (Å²) < 4.78 is 10.3. The zero-order valence-electron chi connectivity index (χ0n) is 12.1. The maximum Gasteiger partial charge on any atom is 0.118 e. The van der Waals surface area contributed by atoms with Gasteiger partial charge in [0.05, 0.1) is 13.7 Å². The molecule has 4 heteroatoms. The van der Waals surface area contributed by atoms with Gasteiger partial charge in [-0.3, -0.25) is 0 Å². The van der Waals surface area contributed by atoms with Crippen LogP contribution in [0.25, 0.3) is 0 Å². The molecule has 1 aromatic carbocycles. The van der Waals surface area contributed by atoms with E-state index in [1.54, 1.807) is 14.2 Å². The van der Waals surface area contributed by atoms with Crippen molar-refractivity contribution in [2.45, 2.75) is 31.8 Å². The van der Waals surface area contributed by atoms with Crippen molar-refractivity contribution >= 4 is 0 Å². The average molecular weight is 267 g/mol. The highest BCUT2D eigenvalue weighted by Crippen LogP contribution is 2.13. The van der Waals surface area contributed by atoms with E-state index in [1.807, 2.05) is 12.1 Å². The highest BCUT2D eigenvalue weighted by molar-refractivity contribution is 5.27. The minimum atomic E-state index is 0.177. The molecular weight excluding hydrogens is 242 g/mol. The lowest BCUT2D eigenvalue weighted by atomic mass is 10.1. The Balaban J connectivity index is 2.45. The van der Waals surface area contributed by atoms with Crippen LogP contribution in [0.4, 0.5) is 0 Å². The van der Waals surface area contributed by atoms with Crippen molar-refractivity contribution in [3.63, 3.8) is 0 Å². The molecular formula is C15H25NO3. The van der Waals surface area contributed by atoms with Gasteiger partial charge in [-0.2, -0.15) is 0 Å². The highest BCUT2D eigenvalue weighted by Gasteiger charge is 2.12. The summed E-state index contributed by atoms with van der Waals surface area (Å²) in [7, 11) is 3.35. The summed E-state index contributed by atoms with van der Waals surface area (Å²) in [4.78, 5) is 0. The molecule has 0 radical (unpaired) electrons. The Morgan fingerprint density at radius 2 is 1.89 bits per heavy atom. The first-order valence-electron chi connectivity index (χ1n) is 6.68. The third-order valence-electron chi connectivity index (χ3n) is 3.07. The molecule has 0 bridgehead atoms. The van der Waals surface area contributed by atoms with Gasteiger partial charge in [0.25, 0.3) is 0 Å². The molecule has 2 N–H and O–H groups in total. The third-order valence-corrected chi connectivity index (χ3v) is 3.07. The molecule has 108 valence electrons. The van der Waals surface area contributed by atoms with Crippen LogP contribution in [0.15, 0.2) is 24.3 Å². The normalized spacial score (nSPS) is 14.1. The van der Waals surface area contributed by atoms with Gasteiger partial charge in [-0.25, -0.2) is 0 Å². The topological polar surface area (TPSA) is 50.7 Å². The molecule has 0 saturated heterocycles. The number of methoxy groups -OCH3 is 2. The molecule has 0 aliphatic rings. The van der Waals surface area contributed by atoms with Crippen molar-refractivity contribution in [1.82, 2.24) is 5.32 Å². The van der Waals surface area contributed by atoms with Gasteiger partial charge in [-0.1, -0.05) is 12.1 Å². The molecule has 1 aromatic rings. The first-order valence-corrected chi connectivity index (χ1v) is 6.68. The summed E-state index contributed by atoms with van der Waals surface area (Å²) in [5.74, 6) is 0.877. The van der Waals surface area contributed by atoms with Gasteiger partial charge in [-0.05, 0) is 37.5 Å². The number of aliphatic hydroxyl groups excluding tert-OH is 1. The zero-order valence-corrected chi connectivity index (χ0v) is 12.1. The molecule has 0 aliphatic carbocycles. The van der Waals surface area contributed by atoms with Gasteiger partial charge in [0.1, 0.15) is 5.75 Å². The van der Waals surface area contributed by atoms with E-state index >= 15 is 0 Å². The minimum absolute atomic E-state index is 0.177. The maximum atomic E-state index is 9.01. The van der Waals surface area contributed by atoms with Crippen molar-refractivity contribution in [1.29, 1.82) is 0 Å². The number of aliphatic hydroxyl groups is 1. The van der Waals surface area contributed by atoms with E-state index in [4.69, 9.17) is 14.6 Å². The van der Waals surface area contributed by atoms with E-state index in [0.29, 0.717) is 19.1 Å². The van der Waals surface area contributed by atoms with Crippen molar-refractivity contribution < 1.29 is 14.6 Å². The van der Waals surface area contributed by atoms with Crippen LogP contribution in [0.1, 0.15) is 18.9 Å². The van der Waals surface area contributed by atoms with E-state index in [9.17, 15) is 0 Å². The minimum Gasteiger partial charge on any atom is -0.497 e. The molecule has 0 aliphatic heterocycles. The van der Waals surface area contributed by atoms with Gasteiger partial charge in [0.15, 0.2) is 0 Å². The third kappa shape index (κ3) is 6.05. The van der Waals surface area contributed by atoms with E-state index in [1.165, 1.54) is 5.56 Å². The molecule has 0 amide bonds. The molecule has 0 spiro atoms. The lowest BCUT2D eigenvalue weighted by Gasteiger charge is -2.22. The smallest absolute Gasteiger partial charge is 0.118 e. The lowest BCUT2D eigenvalue weighted by Crippen LogP contribution is -2.41. The molecule has 0 aromatic heterocycles. The van der Waals surface area contributed by atoms with E-state index in [0.717, 1.165) is 12.2 Å². The van der Waals surface area contributed by atoms with Gasteiger partial charge < -0.3 is 19.9 Å². The second kappa shape index (κ2) is 8.91. The second-order valence-corrected chi connectivity index (χ2v) is 4.78. The Morgan fingerprint density at radius 3 is 2.42 bits per heavy atom. The number of hydrogen-bond donors (Lipinski definition) is 2. The predicted octanol–water partition coefficient (Wildman–Crippen LogP) is 1.61. The summed E-state index contributed by atoms with van der Waals surface area (Å²) in [5.41, 5.74) is 1.26. The molecule has 1 rings (SSSR count). The molecule has 2 unspecified atom stereocenters. The van der Waals surface area contributed by atoms with Crippen LogP contribution in [-0.4, -0.2) is 44.6 Å². The fraction of sp³-hybridized carbons (Fsp3) is 0.600. The Kier molecular flexibility index (Phi) is 7.48. The standard InChI is InChI=1S/C15H25NO3/c1-12(16-14(8-9-17)11-18-2)10-13-4-6-15(19-3)7-5-13/h4-7,12,14,16-17H,8-11H2,1-3H3. The van der Waals surface area contributed by atoms with Crippen LogP contribution in [0, 0.1) is 0 Å². The maximum absolute atomic E-state index is 9.01. The van der Waals surface area contributed by atoms with Crippen LogP contribution >= 0.6 is 0 Å². The number of ether oxygens (including phenoxy) is 2. The summed E-state index contributed by atoms with van der Waals surface area (Å²) in [5, 5.41) is 12.5. The molecule has 0 fully saturated rings. The molecule has 4 nitrogen and oxygen atoms in total. The number of rotatable bonds is 9. The van der Waals surface area contributed by atoms with Crippen LogP contribution < -0.4 is 10.1 Å². The van der Waals surface area contributed by atoms with Gasteiger partial charge in [0, 0.05) is 25.8 Å². The monoisotopic (exact) mass is 267 g/mol. The van der Waals surface area contributed by atoms with E-state index in [-0.39, 0.29) is 12.6 Å². The fourth-order valence-electron chi connectivity index (χ4n) is 2.15. The van der Waals surface area contributed by atoms with Gasteiger partial charge in [0.2, 0.25) is 0 Å². The highest BCUT2D eigenvalue weighted by atomic mass is 16.5. The number of benzene rings is 1. The van der Waals surface area contributed by atoms with E-state index < -0.39 is 0 Å². The predicted molar refractivity (Wildman–Crippen MR) is 76.7 cm³/mol. The van der Waals surface area contributed by atoms with E-state index in [2.05, 4.69) is 24.4 Å². The summed E-state index contributed by atoms with van der Waals surface area (Å²) in [6, 6.07) is 8.64. The average Bonchev–Trinajstić information content (AvgIpc) is 2.40. The Hall–Kier alpha value is -1.10. The molecule has 2 atom stereocenters. The van der Waals surface area contributed by atoms with Crippen LogP contribution in [0.3, 0.4) is 0 Å². The van der Waals surface area contributed by atoms with Crippen molar-refractivity contribution in [2.75, 3.05) is 27.4 Å². The largest absolute Gasteiger partial charge is 0.497 e. The summed E-state index contributed by atoms with van der Waals surface area (Å²) in [6.45, 7) is 2.94. The van der Waals surface area contributed by atoms with Gasteiger partial charge >= 0.3 is 0 Å². The molecule has 19 heavy (non-hydrogen) atoms. The Labute approximate surface area is 115 Å². The van der Waals surface area contributed by atoms with Crippen molar-refractivity contribution in [2.24, 2.45) is 0 Å². The SMILES string of the molecule is COCC(CCO)NC(C)Cc1ccc(OC)cc1. The first-order chi connectivity index (χ1) is 9.19. The van der Waals surface area contributed by atoms with Crippen molar-refractivity contribution in [3.8, 4) is 5.75 Å². The van der Waals surface area contributed by atoms with Gasteiger partial charge in [-0.15, -0.1) is 0 Å². The Bertz CT molecular complexity index is 334. The van der Waals surface area contributed by atoms with Crippen LogP contribution in [0.5, 0.6) is 5.75 Å². The lowest BCUT2D eigenvalue weighted by molar-refractivity contribution is 0.143. The number of nitrogens with one attached hydrogen (secondary N) is 1. The Morgan fingerprint density at radius 1 is 1.21 bits per heavy atom. The van der Waals surface area contributed by atoms with Crippen molar-refractivity contribution in [3.05, 3.63) is 29.8 Å².